The number of thiocarbonyl (C=S) groups is 1. The molecule has 2 atom stereocenters. The molecule has 0 amide bonds. The lowest BCUT2D eigenvalue weighted by molar-refractivity contribution is 0.394. The molecule has 1 aliphatic rings. The monoisotopic (exact) mass is 500 g/mol. The van der Waals surface area contributed by atoms with Crippen molar-refractivity contribution in [2.75, 3.05) is 19.1 Å². The van der Waals surface area contributed by atoms with Gasteiger partial charge in [0.05, 0.1) is 43.4 Å². The van der Waals surface area contributed by atoms with E-state index in [0.29, 0.717) is 16.6 Å². The number of para-hydroxylation sites is 2. The van der Waals surface area contributed by atoms with Crippen LogP contribution in [0.1, 0.15) is 34.7 Å². The van der Waals surface area contributed by atoms with E-state index in [-0.39, 0.29) is 17.8 Å². The molecule has 2 aromatic heterocycles. The van der Waals surface area contributed by atoms with Crippen molar-refractivity contribution < 1.29 is 14.6 Å². The number of hydrogen-bond acceptors (Lipinski definition) is 5. The Morgan fingerprint density at radius 2 is 1.72 bits per heavy atom. The standard InChI is InChI=1S/C28H28N4O3S/c1-17-15-20(18(2)31(17)22-10-5-6-11-24(22)33)27-26(21-9-7-8-14-29-21)30-28(36)32(27)23-13-12-19(34-3)16-25(23)35-4/h5-16,26-27,33H,1-4H3,(H,30,36)/t26-,27+/m0/s1. The highest BCUT2D eigenvalue weighted by atomic mass is 32.1. The predicted molar refractivity (Wildman–Crippen MR) is 144 cm³/mol. The molecule has 1 saturated heterocycles. The minimum Gasteiger partial charge on any atom is -0.506 e. The van der Waals surface area contributed by atoms with Crippen LogP contribution in [0.2, 0.25) is 0 Å². The van der Waals surface area contributed by atoms with Gasteiger partial charge in [0.1, 0.15) is 17.2 Å². The first-order chi connectivity index (χ1) is 17.4. The van der Waals surface area contributed by atoms with Crippen molar-refractivity contribution in [3.63, 3.8) is 0 Å². The summed E-state index contributed by atoms with van der Waals surface area (Å²) in [6.45, 7) is 4.10. The maximum atomic E-state index is 10.6. The molecule has 4 aromatic rings. The zero-order valence-corrected chi connectivity index (χ0v) is 21.4. The summed E-state index contributed by atoms with van der Waals surface area (Å²) in [6.07, 6.45) is 1.79. The van der Waals surface area contributed by atoms with Gasteiger partial charge in [-0.3, -0.25) is 4.98 Å². The fourth-order valence-corrected chi connectivity index (χ4v) is 5.36. The molecule has 0 spiro atoms. The van der Waals surface area contributed by atoms with Crippen LogP contribution in [0.3, 0.4) is 0 Å². The van der Waals surface area contributed by atoms with Crippen LogP contribution in [-0.4, -0.2) is 34.0 Å². The van der Waals surface area contributed by atoms with Crippen molar-refractivity contribution in [1.82, 2.24) is 14.9 Å². The van der Waals surface area contributed by atoms with Crippen LogP contribution >= 0.6 is 12.2 Å². The smallest absolute Gasteiger partial charge is 0.174 e. The number of anilines is 1. The Morgan fingerprint density at radius 3 is 2.42 bits per heavy atom. The van der Waals surface area contributed by atoms with Crippen LogP contribution in [0.5, 0.6) is 17.2 Å². The normalized spacial score (nSPS) is 17.2. The largest absolute Gasteiger partial charge is 0.506 e. The minimum absolute atomic E-state index is 0.205. The number of ether oxygens (including phenoxy) is 2. The average Bonchev–Trinajstić information content (AvgIpc) is 3.39. The molecule has 3 heterocycles. The van der Waals surface area contributed by atoms with Crippen molar-refractivity contribution in [3.05, 3.63) is 95.6 Å². The van der Waals surface area contributed by atoms with Crippen LogP contribution in [0.25, 0.3) is 5.69 Å². The highest BCUT2D eigenvalue weighted by Crippen LogP contribution is 2.47. The van der Waals surface area contributed by atoms with Gasteiger partial charge in [0.2, 0.25) is 0 Å². The summed E-state index contributed by atoms with van der Waals surface area (Å²) >= 11 is 5.90. The van der Waals surface area contributed by atoms with E-state index in [1.807, 2.05) is 61.5 Å². The van der Waals surface area contributed by atoms with Gasteiger partial charge in [-0.25, -0.2) is 0 Å². The highest BCUT2D eigenvalue weighted by Gasteiger charge is 2.43. The van der Waals surface area contributed by atoms with Crippen LogP contribution < -0.4 is 19.7 Å². The minimum atomic E-state index is -0.222. The van der Waals surface area contributed by atoms with Crippen molar-refractivity contribution in [2.24, 2.45) is 0 Å². The van der Waals surface area contributed by atoms with Gasteiger partial charge in [0, 0.05) is 23.7 Å². The quantitative estimate of drug-likeness (QED) is 0.344. The number of rotatable bonds is 6. The predicted octanol–water partition coefficient (Wildman–Crippen LogP) is 5.39. The number of aryl methyl sites for hydroxylation is 1. The molecule has 184 valence electrons. The Balaban J connectivity index is 1.71. The summed E-state index contributed by atoms with van der Waals surface area (Å²) < 4.78 is 13.2. The lowest BCUT2D eigenvalue weighted by atomic mass is 9.96. The number of benzene rings is 2. The first-order valence-corrected chi connectivity index (χ1v) is 12.0. The molecule has 2 N–H and O–H groups in total. The third-order valence-corrected chi connectivity index (χ3v) is 6.97. The van der Waals surface area contributed by atoms with Crippen LogP contribution in [0, 0.1) is 13.8 Å². The van der Waals surface area contributed by atoms with Crippen molar-refractivity contribution in [3.8, 4) is 22.9 Å². The molecule has 8 heteroatoms. The fourth-order valence-electron chi connectivity index (χ4n) is 5.03. The van der Waals surface area contributed by atoms with Crippen LogP contribution in [0.4, 0.5) is 5.69 Å². The second-order valence-electron chi connectivity index (χ2n) is 8.68. The Labute approximate surface area is 215 Å². The van der Waals surface area contributed by atoms with Gasteiger partial charge in [-0.05, 0) is 74.1 Å². The zero-order valence-electron chi connectivity index (χ0n) is 20.6. The molecule has 5 rings (SSSR count). The van der Waals surface area contributed by atoms with E-state index >= 15 is 0 Å². The van der Waals surface area contributed by atoms with Gasteiger partial charge in [0.25, 0.3) is 0 Å². The third-order valence-electron chi connectivity index (χ3n) is 6.66. The summed E-state index contributed by atoms with van der Waals surface area (Å²) in [5.74, 6) is 1.57. The third kappa shape index (κ3) is 3.93. The molecule has 0 bridgehead atoms. The number of nitrogens with one attached hydrogen (secondary N) is 1. The summed E-state index contributed by atoms with van der Waals surface area (Å²) in [6, 6.07) is 20.7. The molecule has 0 unspecified atom stereocenters. The number of phenols is 1. The zero-order chi connectivity index (χ0) is 25.4. The number of phenolic OH excluding ortho intramolecular Hbond substituents is 1. The summed E-state index contributed by atoms with van der Waals surface area (Å²) in [7, 11) is 3.27. The number of aromatic hydroxyl groups is 1. The van der Waals surface area contributed by atoms with E-state index < -0.39 is 0 Å². The van der Waals surface area contributed by atoms with Crippen LogP contribution in [0.15, 0.2) is 72.9 Å². The van der Waals surface area contributed by atoms with Gasteiger partial charge in [0.15, 0.2) is 5.11 Å². The van der Waals surface area contributed by atoms with Gasteiger partial charge < -0.3 is 29.4 Å². The molecule has 0 saturated carbocycles. The molecular formula is C28H28N4O3S. The lowest BCUT2D eigenvalue weighted by Gasteiger charge is -2.29. The maximum absolute atomic E-state index is 10.6. The Bertz CT molecular complexity index is 1420. The van der Waals surface area contributed by atoms with E-state index in [1.54, 1.807) is 26.5 Å². The number of hydrogen-bond donors (Lipinski definition) is 2. The van der Waals surface area contributed by atoms with E-state index in [1.165, 1.54) is 0 Å². The Morgan fingerprint density at radius 1 is 0.944 bits per heavy atom. The number of aromatic nitrogens is 2. The number of methoxy groups -OCH3 is 2. The summed E-state index contributed by atoms with van der Waals surface area (Å²) in [4.78, 5) is 6.74. The highest BCUT2D eigenvalue weighted by molar-refractivity contribution is 7.80. The van der Waals surface area contributed by atoms with Gasteiger partial charge >= 0.3 is 0 Å². The Hall–Kier alpha value is -4.04. The SMILES string of the molecule is COc1ccc(N2C(=S)N[C@@H](c3ccccn3)[C@H]2c2cc(C)n(-c3ccccc3O)c2C)c(OC)c1. The van der Waals surface area contributed by atoms with E-state index in [9.17, 15) is 5.11 Å². The second kappa shape index (κ2) is 9.54. The first-order valence-electron chi connectivity index (χ1n) is 11.6. The van der Waals surface area contributed by atoms with E-state index in [4.69, 9.17) is 21.7 Å². The van der Waals surface area contributed by atoms with Gasteiger partial charge in [-0.2, -0.15) is 0 Å². The molecule has 0 radical (unpaired) electrons. The molecular weight excluding hydrogens is 472 g/mol. The van der Waals surface area contributed by atoms with E-state index in [0.717, 1.165) is 34.0 Å². The first kappa shape index (κ1) is 23.7. The van der Waals surface area contributed by atoms with Crippen LogP contribution in [-0.2, 0) is 0 Å². The molecule has 1 fully saturated rings. The summed E-state index contributed by atoms with van der Waals surface area (Å²) in [5.41, 5.74) is 5.51. The molecule has 7 nitrogen and oxygen atoms in total. The van der Waals surface area contributed by atoms with Crippen molar-refractivity contribution >= 4 is 23.0 Å². The number of nitrogens with zero attached hydrogens (tertiary/aromatic N) is 3. The van der Waals surface area contributed by atoms with E-state index in [2.05, 4.69) is 32.8 Å². The van der Waals surface area contributed by atoms with Gasteiger partial charge in [-0.15, -0.1) is 0 Å². The topological polar surface area (TPSA) is 71.8 Å². The fraction of sp³-hybridized carbons (Fsp3) is 0.214. The van der Waals surface area contributed by atoms with Gasteiger partial charge in [-0.1, -0.05) is 18.2 Å². The van der Waals surface area contributed by atoms with Crippen molar-refractivity contribution in [2.45, 2.75) is 25.9 Å². The average molecular weight is 501 g/mol. The Kier molecular flexibility index (Phi) is 6.28. The molecule has 0 aliphatic carbocycles. The second-order valence-corrected chi connectivity index (χ2v) is 9.07. The van der Waals surface area contributed by atoms with Crippen molar-refractivity contribution in [1.29, 1.82) is 0 Å². The lowest BCUT2D eigenvalue weighted by Crippen LogP contribution is -2.30. The molecule has 1 aliphatic heterocycles. The maximum Gasteiger partial charge on any atom is 0.174 e. The number of pyridine rings is 1. The molecule has 36 heavy (non-hydrogen) atoms. The summed E-state index contributed by atoms with van der Waals surface area (Å²) in [5, 5.41) is 14.7. The molecule has 2 aromatic carbocycles.